The second kappa shape index (κ2) is 7.09. The first-order valence-electron chi connectivity index (χ1n) is 7.42. The Morgan fingerprint density at radius 3 is 2.68 bits per heavy atom. The first-order valence-corrected chi connectivity index (χ1v) is 7.42. The summed E-state index contributed by atoms with van der Waals surface area (Å²) in [6.45, 7) is 5.95. The highest BCUT2D eigenvalue weighted by atomic mass is 16.5. The third-order valence-corrected chi connectivity index (χ3v) is 3.66. The number of hydrogen-bond donors (Lipinski definition) is 2. The first kappa shape index (κ1) is 16.0. The Labute approximate surface area is 131 Å². The average molecular weight is 298 g/mol. The number of anilines is 1. The Bertz CT molecular complexity index is 668. The molecule has 2 aromatic carbocycles. The Morgan fingerprint density at radius 2 is 1.95 bits per heavy atom. The summed E-state index contributed by atoms with van der Waals surface area (Å²) < 4.78 is 5.92. The summed E-state index contributed by atoms with van der Waals surface area (Å²) in [5.74, 6) is 1.30. The molecule has 0 fully saturated rings. The van der Waals surface area contributed by atoms with Gasteiger partial charge in [-0.3, -0.25) is 4.79 Å². The molecule has 0 aliphatic rings. The van der Waals surface area contributed by atoms with Crippen molar-refractivity contribution in [2.45, 2.75) is 33.2 Å². The van der Waals surface area contributed by atoms with Crippen LogP contribution in [0.15, 0.2) is 42.5 Å². The van der Waals surface area contributed by atoms with E-state index < -0.39 is 6.04 Å². The van der Waals surface area contributed by atoms with Crippen LogP contribution in [-0.4, -0.2) is 11.9 Å². The smallest absolute Gasteiger partial charge is 0.241 e. The number of amides is 1. The number of rotatable bonds is 5. The van der Waals surface area contributed by atoms with E-state index >= 15 is 0 Å². The normalized spacial score (nSPS) is 11.8. The highest BCUT2D eigenvalue weighted by Crippen LogP contribution is 2.28. The van der Waals surface area contributed by atoms with Gasteiger partial charge in [0.2, 0.25) is 5.91 Å². The molecule has 4 nitrogen and oxygen atoms in total. The molecule has 116 valence electrons. The molecule has 0 aliphatic carbocycles. The zero-order valence-corrected chi connectivity index (χ0v) is 13.2. The summed E-state index contributed by atoms with van der Waals surface area (Å²) in [6, 6.07) is 12.8. The molecule has 0 spiro atoms. The molecule has 3 N–H and O–H groups in total. The van der Waals surface area contributed by atoms with Crippen LogP contribution in [-0.2, 0) is 4.79 Å². The highest BCUT2D eigenvalue weighted by Gasteiger charge is 2.11. The van der Waals surface area contributed by atoms with E-state index in [4.69, 9.17) is 10.5 Å². The van der Waals surface area contributed by atoms with Gasteiger partial charge in [0.25, 0.3) is 0 Å². The molecule has 0 heterocycles. The minimum Gasteiger partial charge on any atom is -0.457 e. The van der Waals surface area contributed by atoms with Crippen LogP contribution in [0.4, 0.5) is 5.69 Å². The van der Waals surface area contributed by atoms with Crippen LogP contribution in [0.5, 0.6) is 11.5 Å². The average Bonchev–Trinajstić information content (AvgIpc) is 2.51. The molecule has 2 aromatic rings. The predicted molar refractivity (Wildman–Crippen MR) is 89.3 cm³/mol. The zero-order chi connectivity index (χ0) is 16.1. The van der Waals surface area contributed by atoms with Gasteiger partial charge in [-0.2, -0.15) is 0 Å². The van der Waals surface area contributed by atoms with Crippen LogP contribution in [0.3, 0.4) is 0 Å². The maximum absolute atomic E-state index is 11.8. The standard InChI is InChI=1S/C18H22N2O2/c1-4-16(19)18(21)20-14-8-6-9-15(11-14)22-17-10-5-7-12(2)13(17)3/h5-11,16H,4,19H2,1-3H3,(H,20,21). The summed E-state index contributed by atoms with van der Waals surface area (Å²) >= 11 is 0. The van der Waals surface area contributed by atoms with Gasteiger partial charge in [0.1, 0.15) is 11.5 Å². The van der Waals surface area contributed by atoms with E-state index in [0.717, 1.165) is 11.3 Å². The third-order valence-electron chi connectivity index (χ3n) is 3.66. The second-order valence-corrected chi connectivity index (χ2v) is 5.33. The van der Waals surface area contributed by atoms with Crippen molar-refractivity contribution in [3.05, 3.63) is 53.6 Å². The van der Waals surface area contributed by atoms with Crippen LogP contribution < -0.4 is 15.8 Å². The lowest BCUT2D eigenvalue weighted by molar-refractivity contribution is -0.117. The third kappa shape index (κ3) is 3.86. The fourth-order valence-corrected chi connectivity index (χ4v) is 2.02. The van der Waals surface area contributed by atoms with Crippen LogP contribution >= 0.6 is 0 Å². The second-order valence-electron chi connectivity index (χ2n) is 5.33. The van der Waals surface area contributed by atoms with Gasteiger partial charge < -0.3 is 15.8 Å². The molecule has 1 amide bonds. The first-order chi connectivity index (χ1) is 10.5. The molecule has 1 atom stereocenters. The molecule has 0 saturated carbocycles. The van der Waals surface area contributed by atoms with Crippen molar-refractivity contribution < 1.29 is 9.53 Å². The minimum atomic E-state index is -0.497. The van der Waals surface area contributed by atoms with Gasteiger partial charge in [-0.25, -0.2) is 0 Å². The fraction of sp³-hybridized carbons (Fsp3) is 0.278. The molecule has 2 rings (SSSR count). The largest absolute Gasteiger partial charge is 0.457 e. The Morgan fingerprint density at radius 1 is 1.23 bits per heavy atom. The van der Waals surface area contributed by atoms with E-state index in [0.29, 0.717) is 17.9 Å². The van der Waals surface area contributed by atoms with Crippen molar-refractivity contribution in [1.82, 2.24) is 0 Å². The van der Waals surface area contributed by atoms with Crippen LogP contribution in [0.1, 0.15) is 24.5 Å². The zero-order valence-electron chi connectivity index (χ0n) is 13.2. The monoisotopic (exact) mass is 298 g/mol. The van der Waals surface area contributed by atoms with Gasteiger partial charge in [-0.1, -0.05) is 25.1 Å². The number of hydrogen-bond acceptors (Lipinski definition) is 3. The van der Waals surface area contributed by atoms with Gasteiger partial charge >= 0.3 is 0 Å². The van der Waals surface area contributed by atoms with Gasteiger partial charge in [-0.05, 0) is 49.6 Å². The van der Waals surface area contributed by atoms with E-state index in [1.807, 2.05) is 57.2 Å². The molecule has 0 radical (unpaired) electrons. The summed E-state index contributed by atoms with van der Waals surface area (Å²) in [5, 5.41) is 2.80. The number of aryl methyl sites for hydroxylation is 1. The fourth-order valence-electron chi connectivity index (χ4n) is 2.02. The van der Waals surface area contributed by atoms with E-state index in [2.05, 4.69) is 5.32 Å². The lowest BCUT2D eigenvalue weighted by Crippen LogP contribution is -2.34. The molecular weight excluding hydrogens is 276 g/mol. The topological polar surface area (TPSA) is 64.4 Å². The number of carbonyl (C=O) groups excluding carboxylic acids is 1. The summed E-state index contributed by atoms with van der Waals surface area (Å²) in [6.07, 6.45) is 0.602. The molecule has 0 aromatic heterocycles. The number of carbonyl (C=O) groups is 1. The molecule has 1 unspecified atom stereocenters. The van der Waals surface area contributed by atoms with Crippen molar-refractivity contribution in [1.29, 1.82) is 0 Å². The molecular formula is C18H22N2O2. The molecule has 22 heavy (non-hydrogen) atoms. The van der Waals surface area contributed by atoms with Crippen LogP contribution in [0.2, 0.25) is 0 Å². The Kier molecular flexibility index (Phi) is 5.17. The number of ether oxygens (including phenoxy) is 1. The van der Waals surface area contributed by atoms with Gasteiger partial charge in [-0.15, -0.1) is 0 Å². The predicted octanol–water partition coefficient (Wildman–Crippen LogP) is 3.77. The molecule has 0 aliphatic heterocycles. The quantitative estimate of drug-likeness (QED) is 0.883. The van der Waals surface area contributed by atoms with E-state index in [1.165, 1.54) is 5.56 Å². The molecule has 0 bridgehead atoms. The van der Waals surface area contributed by atoms with Crippen molar-refractivity contribution in [2.75, 3.05) is 5.32 Å². The van der Waals surface area contributed by atoms with E-state index in [-0.39, 0.29) is 5.91 Å². The summed E-state index contributed by atoms with van der Waals surface area (Å²) in [4.78, 5) is 11.8. The van der Waals surface area contributed by atoms with Gasteiger partial charge in [0.15, 0.2) is 0 Å². The van der Waals surface area contributed by atoms with Crippen LogP contribution in [0, 0.1) is 13.8 Å². The van der Waals surface area contributed by atoms with Crippen molar-refractivity contribution in [2.24, 2.45) is 5.73 Å². The Balaban J connectivity index is 2.15. The SMILES string of the molecule is CCC(N)C(=O)Nc1cccc(Oc2cccc(C)c2C)c1. The highest BCUT2D eigenvalue weighted by molar-refractivity contribution is 5.94. The maximum Gasteiger partial charge on any atom is 0.241 e. The van der Waals surface area contributed by atoms with Crippen LogP contribution in [0.25, 0.3) is 0 Å². The lowest BCUT2D eigenvalue weighted by Gasteiger charge is -2.13. The van der Waals surface area contributed by atoms with E-state index in [9.17, 15) is 4.79 Å². The minimum absolute atomic E-state index is 0.189. The summed E-state index contributed by atoms with van der Waals surface area (Å²) in [5.41, 5.74) is 8.68. The number of nitrogens with two attached hydrogens (primary N) is 1. The number of nitrogens with one attached hydrogen (secondary N) is 1. The van der Waals surface area contributed by atoms with Crippen molar-refractivity contribution in [3.8, 4) is 11.5 Å². The Hall–Kier alpha value is -2.33. The van der Waals surface area contributed by atoms with Gasteiger partial charge in [0, 0.05) is 11.8 Å². The number of benzene rings is 2. The molecule has 0 saturated heterocycles. The lowest BCUT2D eigenvalue weighted by atomic mass is 10.1. The van der Waals surface area contributed by atoms with Gasteiger partial charge in [0.05, 0.1) is 6.04 Å². The van der Waals surface area contributed by atoms with E-state index in [1.54, 1.807) is 6.07 Å². The maximum atomic E-state index is 11.8. The van der Waals surface area contributed by atoms with Crippen molar-refractivity contribution in [3.63, 3.8) is 0 Å². The molecule has 4 heteroatoms. The van der Waals surface area contributed by atoms with Crippen molar-refractivity contribution >= 4 is 11.6 Å². The summed E-state index contributed by atoms with van der Waals surface area (Å²) in [7, 11) is 0.